The molecular formula is C23H23N5O. The fraction of sp³-hybridized carbons (Fsp3) is 0.174. The van der Waals surface area contributed by atoms with Gasteiger partial charge in [-0.1, -0.05) is 48.5 Å². The highest BCUT2D eigenvalue weighted by Gasteiger charge is 2.09. The van der Waals surface area contributed by atoms with Gasteiger partial charge in [-0.2, -0.15) is 0 Å². The number of nitrogens with zero attached hydrogens (tertiary/aromatic N) is 3. The SMILES string of the molecule is CC(=N)CN=C(C)c1ccc(CC(=O)c2ccc(-c3cnc(N)nc3)cc2)cc1. The summed E-state index contributed by atoms with van der Waals surface area (Å²) in [6, 6.07) is 15.2. The van der Waals surface area contributed by atoms with Gasteiger partial charge in [-0.15, -0.1) is 0 Å². The summed E-state index contributed by atoms with van der Waals surface area (Å²) in [4.78, 5) is 25.0. The van der Waals surface area contributed by atoms with E-state index in [1.807, 2.05) is 55.5 Å². The Morgan fingerprint density at radius 1 is 0.931 bits per heavy atom. The number of rotatable bonds is 7. The molecule has 0 aliphatic heterocycles. The Kier molecular flexibility index (Phi) is 6.24. The number of nitrogen functional groups attached to an aromatic ring is 1. The number of hydrogen-bond acceptors (Lipinski definition) is 6. The molecule has 1 aromatic heterocycles. The van der Waals surface area contributed by atoms with Crippen molar-refractivity contribution >= 4 is 23.2 Å². The molecule has 0 amide bonds. The predicted molar refractivity (Wildman–Crippen MR) is 117 cm³/mol. The van der Waals surface area contributed by atoms with Crippen molar-refractivity contribution in [1.29, 1.82) is 5.41 Å². The molecule has 6 nitrogen and oxygen atoms in total. The Bertz CT molecular complexity index is 1040. The van der Waals surface area contributed by atoms with Crippen molar-refractivity contribution in [2.75, 3.05) is 12.3 Å². The van der Waals surface area contributed by atoms with E-state index < -0.39 is 0 Å². The van der Waals surface area contributed by atoms with E-state index in [1.54, 1.807) is 19.3 Å². The summed E-state index contributed by atoms with van der Waals surface area (Å²) in [5.41, 5.74) is 11.3. The number of aromatic nitrogens is 2. The Morgan fingerprint density at radius 3 is 2.10 bits per heavy atom. The van der Waals surface area contributed by atoms with E-state index in [9.17, 15) is 4.79 Å². The molecule has 0 saturated heterocycles. The lowest BCUT2D eigenvalue weighted by Crippen LogP contribution is -2.04. The highest BCUT2D eigenvalue weighted by Crippen LogP contribution is 2.19. The number of carbonyl (C=O) groups is 1. The summed E-state index contributed by atoms with van der Waals surface area (Å²) in [5.74, 6) is 0.292. The molecule has 146 valence electrons. The van der Waals surface area contributed by atoms with Crippen LogP contribution in [-0.2, 0) is 6.42 Å². The third-order valence-electron chi connectivity index (χ3n) is 4.50. The number of nitrogens with one attached hydrogen (secondary N) is 1. The van der Waals surface area contributed by atoms with Gasteiger partial charge in [0, 0.05) is 41.4 Å². The summed E-state index contributed by atoms with van der Waals surface area (Å²) in [7, 11) is 0. The van der Waals surface area contributed by atoms with Crippen molar-refractivity contribution in [2.45, 2.75) is 20.3 Å². The molecule has 3 aromatic rings. The van der Waals surface area contributed by atoms with Crippen molar-refractivity contribution in [2.24, 2.45) is 4.99 Å². The summed E-state index contributed by atoms with van der Waals surface area (Å²) in [6.07, 6.45) is 3.66. The highest BCUT2D eigenvalue weighted by molar-refractivity contribution is 6.00. The highest BCUT2D eigenvalue weighted by atomic mass is 16.1. The fourth-order valence-electron chi connectivity index (χ4n) is 2.82. The standard InChI is InChI=1S/C23H23N5O/c1-15(24)12-26-16(2)18-5-3-17(4-6-18)11-22(29)20-9-7-19(8-10-20)21-13-27-23(25)28-14-21/h3-10,13-14,24H,11-12H2,1-2H3,(H2,25,27,28). The molecule has 0 bridgehead atoms. The Balaban J connectivity index is 1.66. The molecule has 0 unspecified atom stereocenters. The topological polar surface area (TPSA) is 105 Å². The minimum atomic E-state index is 0.0580. The third kappa shape index (κ3) is 5.42. The number of hydrogen-bond donors (Lipinski definition) is 2. The molecule has 1 heterocycles. The smallest absolute Gasteiger partial charge is 0.219 e. The van der Waals surface area contributed by atoms with Gasteiger partial charge in [0.2, 0.25) is 5.95 Å². The van der Waals surface area contributed by atoms with Crippen LogP contribution in [-0.4, -0.2) is 33.7 Å². The van der Waals surface area contributed by atoms with Gasteiger partial charge >= 0.3 is 0 Å². The number of ketones is 1. The molecule has 0 aliphatic carbocycles. The number of anilines is 1. The average molecular weight is 385 g/mol. The van der Waals surface area contributed by atoms with Gasteiger partial charge in [-0.25, -0.2) is 9.97 Å². The van der Waals surface area contributed by atoms with Crippen LogP contribution in [0.15, 0.2) is 65.9 Å². The fourth-order valence-corrected chi connectivity index (χ4v) is 2.82. The van der Waals surface area contributed by atoms with Gasteiger partial charge in [-0.05, 0) is 30.5 Å². The van der Waals surface area contributed by atoms with E-state index >= 15 is 0 Å². The molecule has 0 fully saturated rings. The second kappa shape index (κ2) is 9.01. The first-order valence-corrected chi connectivity index (χ1v) is 9.28. The molecule has 3 rings (SSSR count). The van der Waals surface area contributed by atoms with E-state index in [0.29, 0.717) is 24.2 Å². The molecule has 0 spiro atoms. The predicted octanol–water partition coefficient (Wildman–Crippen LogP) is 4.00. The minimum absolute atomic E-state index is 0.0580. The number of nitrogens with two attached hydrogens (primary N) is 1. The molecule has 0 saturated carbocycles. The van der Waals surface area contributed by atoms with Gasteiger partial charge < -0.3 is 11.1 Å². The normalized spacial score (nSPS) is 11.3. The lowest BCUT2D eigenvalue weighted by Gasteiger charge is -2.06. The van der Waals surface area contributed by atoms with Gasteiger partial charge in [-0.3, -0.25) is 9.79 Å². The van der Waals surface area contributed by atoms with Crippen molar-refractivity contribution in [1.82, 2.24) is 9.97 Å². The van der Waals surface area contributed by atoms with Gasteiger partial charge in [0.1, 0.15) is 0 Å². The van der Waals surface area contributed by atoms with Gasteiger partial charge in [0.15, 0.2) is 5.78 Å². The van der Waals surface area contributed by atoms with Crippen LogP contribution in [0.25, 0.3) is 11.1 Å². The van der Waals surface area contributed by atoms with Crippen LogP contribution in [0.4, 0.5) is 5.95 Å². The molecule has 0 atom stereocenters. The third-order valence-corrected chi connectivity index (χ3v) is 4.50. The van der Waals surface area contributed by atoms with Crippen molar-refractivity contribution in [3.05, 3.63) is 77.6 Å². The van der Waals surface area contributed by atoms with Crippen molar-refractivity contribution in [3.63, 3.8) is 0 Å². The zero-order valence-electron chi connectivity index (χ0n) is 16.5. The first-order chi connectivity index (χ1) is 13.9. The second-order valence-corrected chi connectivity index (χ2v) is 6.89. The van der Waals surface area contributed by atoms with Crippen LogP contribution in [0, 0.1) is 5.41 Å². The zero-order valence-corrected chi connectivity index (χ0v) is 16.5. The van der Waals surface area contributed by atoms with E-state index in [-0.39, 0.29) is 11.7 Å². The number of Topliss-reactive ketones (excluding diaryl/α,β-unsaturated/α-hetero) is 1. The van der Waals surface area contributed by atoms with Crippen molar-refractivity contribution in [3.8, 4) is 11.1 Å². The minimum Gasteiger partial charge on any atom is -0.368 e. The lowest BCUT2D eigenvalue weighted by atomic mass is 9.99. The van der Waals surface area contributed by atoms with E-state index in [4.69, 9.17) is 11.1 Å². The van der Waals surface area contributed by atoms with Crippen LogP contribution in [0.5, 0.6) is 0 Å². The first kappa shape index (κ1) is 20.1. The van der Waals surface area contributed by atoms with E-state index in [0.717, 1.165) is 28.0 Å². The largest absolute Gasteiger partial charge is 0.368 e. The number of aliphatic imine (C=N–C) groups is 1. The van der Waals surface area contributed by atoms with Crippen molar-refractivity contribution < 1.29 is 4.79 Å². The molecule has 0 radical (unpaired) electrons. The molecule has 6 heteroatoms. The molecule has 29 heavy (non-hydrogen) atoms. The van der Waals surface area contributed by atoms with Gasteiger partial charge in [0.25, 0.3) is 0 Å². The van der Waals surface area contributed by atoms with E-state index in [1.165, 1.54) is 0 Å². The van der Waals surface area contributed by atoms with Crippen LogP contribution >= 0.6 is 0 Å². The van der Waals surface area contributed by atoms with Gasteiger partial charge in [0.05, 0.1) is 6.54 Å². The molecule has 0 aliphatic rings. The average Bonchev–Trinajstić information content (AvgIpc) is 2.73. The molecule has 2 aromatic carbocycles. The Labute approximate surface area is 170 Å². The second-order valence-electron chi connectivity index (χ2n) is 6.89. The Morgan fingerprint density at radius 2 is 1.52 bits per heavy atom. The maximum absolute atomic E-state index is 12.6. The number of benzene rings is 2. The monoisotopic (exact) mass is 385 g/mol. The first-order valence-electron chi connectivity index (χ1n) is 9.28. The maximum atomic E-state index is 12.6. The van der Waals surface area contributed by atoms with E-state index in [2.05, 4.69) is 15.0 Å². The maximum Gasteiger partial charge on any atom is 0.219 e. The van der Waals surface area contributed by atoms with Crippen LogP contribution in [0.3, 0.4) is 0 Å². The molecular weight excluding hydrogens is 362 g/mol. The summed E-state index contributed by atoms with van der Waals surface area (Å²) in [5, 5.41) is 7.46. The number of carbonyl (C=O) groups excluding carboxylic acids is 1. The van der Waals surface area contributed by atoms with Crippen LogP contribution < -0.4 is 5.73 Å². The molecule has 3 N–H and O–H groups in total. The quantitative estimate of drug-likeness (QED) is 0.474. The lowest BCUT2D eigenvalue weighted by molar-refractivity contribution is 0.0993. The zero-order chi connectivity index (χ0) is 20.8. The Hall–Kier alpha value is -3.67. The summed E-state index contributed by atoms with van der Waals surface area (Å²) >= 11 is 0. The summed E-state index contributed by atoms with van der Waals surface area (Å²) < 4.78 is 0. The summed E-state index contributed by atoms with van der Waals surface area (Å²) in [6.45, 7) is 4.07. The van der Waals surface area contributed by atoms with Crippen LogP contribution in [0.2, 0.25) is 0 Å². The van der Waals surface area contributed by atoms with Crippen LogP contribution in [0.1, 0.15) is 35.3 Å².